The smallest absolute Gasteiger partial charge is 0.100 e. The van der Waals surface area contributed by atoms with E-state index in [1.165, 1.54) is 32.3 Å². The third-order valence-electron chi connectivity index (χ3n) is 4.40. The number of ether oxygens (including phenoxy) is 1. The fourth-order valence-electron chi connectivity index (χ4n) is 3.28. The zero-order valence-electron chi connectivity index (χ0n) is 12.7. The second-order valence-corrected chi connectivity index (χ2v) is 5.93. The van der Waals surface area contributed by atoms with E-state index in [2.05, 4.69) is 54.6 Å². The molecule has 0 aliphatic heterocycles. The van der Waals surface area contributed by atoms with E-state index in [0.717, 1.165) is 5.56 Å². The van der Waals surface area contributed by atoms with Crippen LogP contribution >= 0.6 is 0 Å². The monoisotopic (exact) mass is 306 g/mol. The zero-order chi connectivity index (χ0) is 15.8. The van der Waals surface area contributed by atoms with Crippen molar-refractivity contribution < 1.29 is 14.9 Å². The third kappa shape index (κ3) is 2.43. The van der Waals surface area contributed by atoms with Crippen molar-refractivity contribution >= 4 is 32.3 Å². The van der Waals surface area contributed by atoms with Gasteiger partial charge in [0, 0.05) is 0 Å². The van der Waals surface area contributed by atoms with E-state index in [9.17, 15) is 5.11 Å². The van der Waals surface area contributed by atoms with Crippen molar-refractivity contribution in [3.05, 3.63) is 60.2 Å². The van der Waals surface area contributed by atoms with Gasteiger partial charge in [-0.3, -0.25) is 0 Å². The van der Waals surface area contributed by atoms with E-state index in [-0.39, 0.29) is 13.2 Å². The quantitative estimate of drug-likeness (QED) is 0.555. The van der Waals surface area contributed by atoms with E-state index in [1.807, 2.05) is 0 Å². The van der Waals surface area contributed by atoms with Crippen molar-refractivity contribution in [3.63, 3.8) is 0 Å². The minimum atomic E-state index is -0.824. The highest BCUT2D eigenvalue weighted by molar-refractivity contribution is 6.23. The first-order chi connectivity index (χ1) is 11.3. The molecule has 4 aromatic rings. The van der Waals surface area contributed by atoms with Gasteiger partial charge < -0.3 is 14.9 Å². The average Bonchev–Trinajstić information content (AvgIpc) is 2.60. The Morgan fingerprint density at radius 2 is 1.48 bits per heavy atom. The second-order valence-electron chi connectivity index (χ2n) is 5.93. The highest BCUT2D eigenvalue weighted by Crippen LogP contribution is 2.35. The fourth-order valence-corrected chi connectivity index (χ4v) is 3.28. The number of rotatable bonds is 5. The molecule has 1 unspecified atom stereocenters. The first-order valence-electron chi connectivity index (χ1n) is 7.80. The molecule has 1 atom stereocenters. The van der Waals surface area contributed by atoms with Crippen LogP contribution in [0.5, 0.6) is 0 Å². The molecule has 0 aromatic heterocycles. The van der Waals surface area contributed by atoms with Gasteiger partial charge in [-0.05, 0) is 37.9 Å². The van der Waals surface area contributed by atoms with Gasteiger partial charge in [0.2, 0.25) is 0 Å². The summed E-state index contributed by atoms with van der Waals surface area (Å²) in [5.41, 5.74) is 1.10. The van der Waals surface area contributed by atoms with Gasteiger partial charge in [0.15, 0.2) is 0 Å². The Balaban J connectivity index is 1.83. The van der Waals surface area contributed by atoms with Crippen LogP contribution < -0.4 is 0 Å². The molecule has 3 nitrogen and oxygen atoms in total. The molecule has 4 aromatic carbocycles. The SMILES string of the molecule is OCC(O)COCc1ccc2ccc3cccc4ccc1c2c34. The maximum absolute atomic E-state index is 9.40. The Labute approximate surface area is 134 Å². The number of hydrogen-bond donors (Lipinski definition) is 2. The first kappa shape index (κ1) is 14.4. The lowest BCUT2D eigenvalue weighted by atomic mass is 9.92. The number of benzene rings is 4. The molecular weight excluding hydrogens is 288 g/mol. The van der Waals surface area contributed by atoms with E-state index in [0.29, 0.717) is 6.61 Å². The van der Waals surface area contributed by atoms with Gasteiger partial charge in [0.25, 0.3) is 0 Å². The minimum absolute atomic E-state index is 0.137. The van der Waals surface area contributed by atoms with Crippen LogP contribution in [-0.2, 0) is 11.3 Å². The second kappa shape index (κ2) is 5.78. The number of aliphatic hydroxyl groups is 2. The molecule has 0 heterocycles. The van der Waals surface area contributed by atoms with Gasteiger partial charge >= 0.3 is 0 Å². The van der Waals surface area contributed by atoms with Crippen molar-refractivity contribution in [3.8, 4) is 0 Å². The number of hydrogen-bond acceptors (Lipinski definition) is 3. The molecule has 2 N–H and O–H groups in total. The van der Waals surface area contributed by atoms with Crippen LogP contribution in [0.15, 0.2) is 54.6 Å². The molecule has 3 heteroatoms. The predicted octanol–water partition coefficient (Wildman–Crippen LogP) is 3.45. The Kier molecular flexibility index (Phi) is 3.62. The lowest BCUT2D eigenvalue weighted by Gasteiger charge is -2.14. The lowest BCUT2D eigenvalue weighted by Crippen LogP contribution is -2.19. The summed E-state index contributed by atoms with van der Waals surface area (Å²) in [5.74, 6) is 0. The largest absolute Gasteiger partial charge is 0.394 e. The van der Waals surface area contributed by atoms with Crippen LogP contribution in [0.1, 0.15) is 5.56 Å². The molecule has 0 saturated carbocycles. The fraction of sp³-hybridized carbons (Fsp3) is 0.200. The van der Waals surface area contributed by atoms with Crippen LogP contribution in [0.25, 0.3) is 32.3 Å². The van der Waals surface area contributed by atoms with E-state index >= 15 is 0 Å². The number of aliphatic hydroxyl groups excluding tert-OH is 2. The van der Waals surface area contributed by atoms with Crippen molar-refractivity contribution in [2.24, 2.45) is 0 Å². The van der Waals surface area contributed by atoms with Crippen molar-refractivity contribution in [2.75, 3.05) is 13.2 Å². The summed E-state index contributed by atoms with van der Waals surface area (Å²) in [6.07, 6.45) is -0.824. The van der Waals surface area contributed by atoms with Crippen molar-refractivity contribution in [2.45, 2.75) is 12.7 Å². The molecular formula is C20H18O3. The summed E-state index contributed by atoms with van der Waals surface area (Å²) in [6, 6.07) is 19.2. The minimum Gasteiger partial charge on any atom is -0.394 e. The maximum Gasteiger partial charge on any atom is 0.100 e. The van der Waals surface area contributed by atoms with E-state index in [1.54, 1.807) is 0 Å². The standard InChI is InChI=1S/C20H18O3/c21-10-17(22)12-23-11-16-7-6-15-5-4-13-2-1-3-14-8-9-18(16)20(15)19(13)14/h1-9,17,21-22H,10-12H2. The third-order valence-corrected chi connectivity index (χ3v) is 4.40. The summed E-state index contributed by atoms with van der Waals surface area (Å²) >= 11 is 0. The first-order valence-corrected chi connectivity index (χ1v) is 7.80. The molecule has 0 radical (unpaired) electrons. The predicted molar refractivity (Wildman–Crippen MR) is 92.9 cm³/mol. The molecule has 0 amide bonds. The van der Waals surface area contributed by atoms with Crippen LogP contribution in [-0.4, -0.2) is 29.5 Å². The molecule has 0 fully saturated rings. The van der Waals surface area contributed by atoms with Crippen LogP contribution in [0.4, 0.5) is 0 Å². The Hall–Kier alpha value is -2.20. The van der Waals surface area contributed by atoms with Crippen LogP contribution in [0.3, 0.4) is 0 Å². The normalized spacial score (nSPS) is 13.3. The van der Waals surface area contributed by atoms with Gasteiger partial charge in [-0.2, -0.15) is 0 Å². The highest BCUT2D eigenvalue weighted by atomic mass is 16.5. The summed E-state index contributed by atoms with van der Waals surface area (Å²) < 4.78 is 5.55. The Morgan fingerprint density at radius 3 is 2.22 bits per heavy atom. The molecule has 0 bridgehead atoms. The van der Waals surface area contributed by atoms with Crippen LogP contribution in [0, 0.1) is 0 Å². The molecule has 0 aliphatic rings. The van der Waals surface area contributed by atoms with Gasteiger partial charge in [0.1, 0.15) is 6.10 Å². The van der Waals surface area contributed by atoms with E-state index < -0.39 is 6.10 Å². The summed E-state index contributed by atoms with van der Waals surface area (Å²) in [6.45, 7) is 0.280. The average molecular weight is 306 g/mol. The summed E-state index contributed by atoms with van der Waals surface area (Å²) in [7, 11) is 0. The van der Waals surface area contributed by atoms with Crippen molar-refractivity contribution in [1.82, 2.24) is 0 Å². The summed E-state index contributed by atoms with van der Waals surface area (Å²) in [4.78, 5) is 0. The van der Waals surface area contributed by atoms with Gasteiger partial charge in [0.05, 0.1) is 19.8 Å². The van der Waals surface area contributed by atoms with E-state index in [4.69, 9.17) is 9.84 Å². The molecule has 0 spiro atoms. The zero-order valence-corrected chi connectivity index (χ0v) is 12.7. The van der Waals surface area contributed by atoms with Crippen LogP contribution in [0.2, 0.25) is 0 Å². The van der Waals surface area contributed by atoms with Gasteiger partial charge in [-0.25, -0.2) is 0 Å². The van der Waals surface area contributed by atoms with Gasteiger partial charge in [-0.15, -0.1) is 0 Å². The molecule has 0 saturated heterocycles. The van der Waals surface area contributed by atoms with Gasteiger partial charge in [-0.1, -0.05) is 54.6 Å². The maximum atomic E-state index is 9.40. The topological polar surface area (TPSA) is 49.7 Å². The lowest BCUT2D eigenvalue weighted by molar-refractivity contribution is 0.000316. The summed E-state index contributed by atoms with van der Waals surface area (Å²) in [5, 5.41) is 25.7. The highest BCUT2D eigenvalue weighted by Gasteiger charge is 2.11. The molecule has 116 valence electrons. The molecule has 23 heavy (non-hydrogen) atoms. The Bertz CT molecular complexity index is 945. The van der Waals surface area contributed by atoms with Crippen molar-refractivity contribution in [1.29, 1.82) is 0 Å². The Morgan fingerprint density at radius 1 is 0.826 bits per heavy atom. The molecule has 0 aliphatic carbocycles. The molecule has 4 rings (SSSR count).